The molecule has 0 saturated carbocycles. The zero-order valence-electron chi connectivity index (χ0n) is 9.11. The molecular formula is C10H14N2O3. The molecule has 1 aliphatic rings. The van der Waals surface area contributed by atoms with Gasteiger partial charge in [0, 0.05) is 13.5 Å². The molecule has 0 bridgehead atoms. The van der Waals surface area contributed by atoms with E-state index in [4.69, 9.17) is 9.47 Å². The molecule has 2 heterocycles. The Bertz CT molecular complexity index is 398. The Labute approximate surface area is 88.0 Å². The quantitative estimate of drug-likeness (QED) is 0.686. The summed E-state index contributed by atoms with van der Waals surface area (Å²) in [7, 11) is 3.41. The fourth-order valence-corrected chi connectivity index (χ4v) is 1.99. The summed E-state index contributed by atoms with van der Waals surface area (Å²) in [5.74, 6) is 0.525. The molecular weight excluding hydrogens is 196 g/mol. The largest absolute Gasteiger partial charge is 0.481 e. The summed E-state index contributed by atoms with van der Waals surface area (Å²) in [4.78, 5) is 11.1. The average Bonchev–Trinajstić information content (AvgIpc) is 2.70. The van der Waals surface area contributed by atoms with Gasteiger partial charge in [-0.05, 0) is 13.3 Å². The first-order valence-electron chi connectivity index (χ1n) is 4.90. The molecule has 1 aromatic heterocycles. The van der Waals surface area contributed by atoms with E-state index in [2.05, 4.69) is 5.10 Å². The van der Waals surface area contributed by atoms with Gasteiger partial charge in [-0.2, -0.15) is 5.10 Å². The molecule has 82 valence electrons. The molecule has 2 rings (SSSR count). The van der Waals surface area contributed by atoms with E-state index in [-0.39, 0.29) is 12.1 Å². The number of hydrogen-bond donors (Lipinski definition) is 0. The molecule has 0 spiro atoms. The van der Waals surface area contributed by atoms with Gasteiger partial charge in [0.05, 0.1) is 18.4 Å². The number of esters is 1. The van der Waals surface area contributed by atoms with E-state index in [0.717, 1.165) is 11.3 Å². The summed E-state index contributed by atoms with van der Waals surface area (Å²) < 4.78 is 12.1. The number of hydrogen-bond acceptors (Lipinski definition) is 4. The minimum Gasteiger partial charge on any atom is -0.481 e. The topological polar surface area (TPSA) is 53.4 Å². The number of aromatic nitrogens is 2. The van der Waals surface area contributed by atoms with Gasteiger partial charge in [-0.25, -0.2) is 4.68 Å². The van der Waals surface area contributed by atoms with Gasteiger partial charge in [0.2, 0.25) is 5.88 Å². The van der Waals surface area contributed by atoms with Crippen molar-refractivity contribution in [2.75, 3.05) is 7.11 Å². The molecule has 1 aliphatic heterocycles. The van der Waals surface area contributed by atoms with Crippen molar-refractivity contribution < 1.29 is 14.3 Å². The molecule has 15 heavy (non-hydrogen) atoms. The second kappa shape index (κ2) is 3.56. The zero-order valence-corrected chi connectivity index (χ0v) is 9.11. The summed E-state index contributed by atoms with van der Waals surface area (Å²) >= 11 is 0. The van der Waals surface area contributed by atoms with Gasteiger partial charge >= 0.3 is 5.97 Å². The molecule has 1 aromatic rings. The first-order valence-corrected chi connectivity index (χ1v) is 4.90. The van der Waals surface area contributed by atoms with Crippen molar-refractivity contribution in [3.8, 4) is 5.88 Å². The normalized spacial score (nSPS) is 20.5. The SMILES string of the molecule is COc1c(C2CCC(=O)O2)c(C)nn1C. The smallest absolute Gasteiger partial charge is 0.306 e. The highest BCUT2D eigenvalue weighted by atomic mass is 16.6. The highest BCUT2D eigenvalue weighted by molar-refractivity contribution is 5.72. The average molecular weight is 210 g/mol. The lowest BCUT2D eigenvalue weighted by Gasteiger charge is -2.10. The van der Waals surface area contributed by atoms with Gasteiger partial charge in [0.15, 0.2) is 0 Å². The van der Waals surface area contributed by atoms with Crippen molar-refractivity contribution in [2.24, 2.45) is 7.05 Å². The highest BCUT2D eigenvalue weighted by Crippen LogP contribution is 2.36. The van der Waals surface area contributed by atoms with Gasteiger partial charge in [-0.1, -0.05) is 0 Å². The Morgan fingerprint density at radius 2 is 2.33 bits per heavy atom. The number of rotatable bonds is 2. The Balaban J connectivity index is 2.38. The van der Waals surface area contributed by atoms with Gasteiger partial charge in [-0.15, -0.1) is 0 Å². The minimum atomic E-state index is -0.193. The van der Waals surface area contributed by atoms with Crippen molar-refractivity contribution in [3.05, 3.63) is 11.3 Å². The minimum absolute atomic E-state index is 0.148. The number of carbonyl (C=O) groups is 1. The molecule has 0 aromatic carbocycles. The lowest BCUT2D eigenvalue weighted by Crippen LogP contribution is -2.02. The third-order valence-corrected chi connectivity index (χ3v) is 2.61. The van der Waals surface area contributed by atoms with Crippen LogP contribution in [0.5, 0.6) is 5.88 Å². The van der Waals surface area contributed by atoms with Crippen molar-refractivity contribution in [1.82, 2.24) is 9.78 Å². The van der Waals surface area contributed by atoms with Gasteiger partial charge in [0.1, 0.15) is 6.10 Å². The summed E-state index contributed by atoms with van der Waals surface area (Å²) in [6.07, 6.45) is 0.991. The van der Waals surface area contributed by atoms with E-state index in [0.29, 0.717) is 18.7 Å². The van der Waals surface area contributed by atoms with Crippen LogP contribution in [0.15, 0.2) is 0 Å². The number of carbonyl (C=O) groups excluding carboxylic acids is 1. The summed E-state index contributed by atoms with van der Waals surface area (Å²) in [6.45, 7) is 1.89. The van der Waals surface area contributed by atoms with Crippen LogP contribution in [0.3, 0.4) is 0 Å². The number of cyclic esters (lactones) is 1. The number of ether oxygens (including phenoxy) is 2. The monoisotopic (exact) mass is 210 g/mol. The molecule has 5 heteroatoms. The predicted molar refractivity (Wildman–Crippen MR) is 52.6 cm³/mol. The van der Waals surface area contributed by atoms with Crippen LogP contribution in [0, 0.1) is 6.92 Å². The third-order valence-electron chi connectivity index (χ3n) is 2.61. The third kappa shape index (κ3) is 1.58. The van der Waals surface area contributed by atoms with E-state index in [9.17, 15) is 4.79 Å². The first-order chi connectivity index (χ1) is 7.13. The van der Waals surface area contributed by atoms with Crippen LogP contribution in [0.2, 0.25) is 0 Å². The zero-order chi connectivity index (χ0) is 11.0. The van der Waals surface area contributed by atoms with Gasteiger partial charge in [-0.3, -0.25) is 4.79 Å². The van der Waals surface area contributed by atoms with Gasteiger partial charge in [0.25, 0.3) is 0 Å². The van der Waals surface area contributed by atoms with Crippen molar-refractivity contribution in [2.45, 2.75) is 25.9 Å². The van der Waals surface area contributed by atoms with Crippen LogP contribution in [0.4, 0.5) is 0 Å². The van der Waals surface area contributed by atoms with Crippen LogP contribution in [-0.4, -0.2) is 22.9 Å². The molecule has 1 fully saturated rings. The highest BCUT2D eigenvalue weighted by Gasteiger charge is 2.31. The molecule has 1 saturated heterocycles. The summed E-state index contributed by atoms with van der Waals surface area (Å²) in [6, 6.07) is 0. The molecule has 0 radical (unpaired) electrons. The molecule has 1 unspecified atom stereocenters. The Morgan fingerprint density at radius 3 is 2.87 bits per heavy atom. The molecule has 0 N–H and O–H groups in total. The predicted octanol–water partition coefficient (Wildman–Crippen LogP) is 1.12. The van der Waals surface area contributed by atoms with Crippen molar-refractivity contribution in [1.29, 1.82) is 0 Å². The molecule has 1 atom stereocenters. The maximum atomic E-state index is 11.1. The van der Waals surface area contributed by atoms with E-state index < -0.39 is 0 Å². The Morgan fingerprint density at radius 1 is 1.60 bits per heavy atom. The van der Waals surface area contributed by atoms with Crippen LogP contribution in [-0.2, 0) is 16.6 Å². The lowest BCUT2D eigenvalue weighted by atomic mass is 10.1. The lowest BCUT2D eigenvalue weighted by molar-refractivity contribution is -0.141. The first kappa shape index (κ1) is 10.0. The summed E-state index contributed by atoms with van der Waals surface area (Å²) in [5.41, 5.74) is 1.75. The summed E-state index contributed by atoms with van der Waals surface area (Å²) in [5, 5.41) is 4.25. The van der Waals surface area contributed by atoms with E-state index in [1.54, 1.807) is 11.8 Å². The second-order valence-corrected chi connectivity index (χ2v) is 3.65. The number of aryl methyl sites for hydroxylation is 2. The molecule has 0 aliphatic carbocycles. The fraction of sp³-hybridized carbons (Fsp3) is 0.600. The maximum absolute atomic E-state index is 11.1. The van der Waals surface area contributed by atoms with E-state index in [1.807, 2.05) is 14.0 Å². The van der Waals surface area contributed by atoms with Crippen LogP contribution >= 0.6 is 0 Å². The Kier molecular flexibility index (Phi) is 2.38. The standard InChI is InChI=1S/C10H14N2O3/c1-6-9(7-4-5-8(13)15-7)10(14-3)12(2)11-6/h7H,4-5H2,1-3H3. The van der Waals surface area contributed by atoms with E-state index in [1.165, 1.54) is 0 Å². The van der Waals surface area contributed by atoms with Crippen LogP contribution in [0.25, 0.3) is 0 Å². The van der Waals surface area contributed by atoms with Gasteiger partial charge < -0.3 is 9.47 Å². The van der Waals surface area contributed by atoms with Crippen LogP contribution < -0.4 is 4.74 Å². The van der Waals surface area contributed by atoms with Crippen LogP contribution in [0.1, 0.15) is 30.2 Å². The van der Waals surface area contributed by atoms with E-state index >= 15 is 0 Å². The second-order valence-electron chi connectivity index (χ2n) is 3.65. The molecule has 5 nitrogen and oxygen atoms in total. The number of methoxy groups -OCH3 is 1. The molecule has 0 amide bonds. The van der Waals surface area contributed by atoms with Crippen molar-refractivity contribution >= 4 is 5.97 Å². The Hall–Kier alpha value is -1.52. The van der Waals surface area contributed by atoms with Crippen molar-refractivity contribution in [3.63, 3.8) is 0 Å². The maximum Gasteiger partial charge on any atom is 0.306 e. The number of nitrogens with zero attached hydrogens (tertiary/aromatic N) is 2. The fourth-order valence-electron chi connectivity index (χ4n) is 1.99.